The van der Waals surface area contributed by atoms with Crippen molar-refractivity contribution in [3.05, 3.63) is 69.3 Å². The number of hydrogen-bond acceptors (Lipinski definition) is 6. The number of rotatable bonds is 6. The van der Waals surface area contributed by atoms with Crippen molar-refractivity contribution in [2.45, 2.75) is 6.61 Å². The Kier molecular flexibility index (Phi) is 4.63. The zero-order chi connectivity index (χ0) is 19.7. The first-order valence-corrected chi connectivity index (χ1v) is 7.51. The number of carbonyl (C=O) groups excluding carboxylic acids is 3. The molecular weight excluding hydrogens is 366 g/mol. The fourth-order valence-corrected chi connectivity index (χ4v) is 2.67. The van der Waals surface area contributed by atoms with Crippen LogP contribution in [0.5, 0.6) is 5.75 Å². The molecule has 0 aliphatic carbocycles. The molecule has 2 aromatic rings. The molecule has 0 N–H and O–H groups in total. The highest BCUT2D eigenvalue weighted by Crippen LogP contribution is 2.30. The molecule has 10 heteroatoms. The molecule has 0 unspecified atom stereocenters. The van der Waals surface area contributed by atoms with Gasteiger partial charge < -0.3 is 4.74 Å². The van der Waals surface area contributed by atoms with Crippen LogP contribution in [-0.2, 0) is 0 Å². The van der Waals surface area contributed by atoms with Gasteiger partial charge in [-0.3, -0.25) is 29.4 Å². The highest BCUT2D eigenvalue weighted by Gasteiger charge is 2.41. The van der Waals surface area contributed by atoms with Crippen molar-refractivity contribution >= 4 is 23.3 Å². The van der Waals surface area contributed by atoms with Crippen LogP contribution in [0.3, 0.4) is 0 Å². The average Bonchev–Trinajstić information content (AvgIpc) is 2.86. The monoisotopic (exact) mass is 376 g/mol. The molecule has 3 rings (SSSR count). The zero-order valence-electron chi connectivity index (χ0n) is 13.4. The maximum atomic E-state index is 12.4. The summed E-state index contributed by atoms with van der Waals surface area (Å²) in [7, 11) is 0. The summed E-state index contributed by atoms with van der Waals surface area (Å²) >= 11 is 0. The van der Waals surface area contributed by atoms with Gasteiger partial charge in [0.2, 0.25) is 0 Å². The Morgan fingerprint density at radius 1 is 1.11 bits per heavy atom. The van der Waals surface area contributed by atoms with Crippen LogP contribution in [-0.4, -0.2) is 40.6 Å². The van der Waals surface area contributed by atoms with Crippen LogP contribution >= 0.6 is 0 Å². The van der Waals surface area contributed by atoms with E-state index in [2.05, 4.69) is 4.74 Å². The summed E-state index contributed by atoms with van der Waals surface area (Å²) in [5, 5.41) is 11.1. The topological polar surface area (TPSA) is 107 Å². The molecule has 1 heterocycles. The van der Waals surface area contributed by atoms with E-state index in [1.807, 2.05) is 0 Å². The first-order valence-electron chi connectivity index (χ1n) is 7.51. The molecule has 0 bridgehead atoms. The molecule has 0 spiro atoms. The van der Waals surface area contributed by atoms with Gasteiger partial charge in [-0.2, -0.15) is 8.78 Å². The van der Waals surface area contributed by atoms with Gasteiger partial charge in [0.15, 0.2) is 5.78 Å². The maximum absolute atomic E-state index is 12.4. The number of hydrogen-bond donors (Lipinski definition) is 0. The number of halogens is 2. The maximum Gasteiger partial charge on any atom is 0.387 e. The Hall–Kier alpha value is -3.69. The Labute approximate surface area is 150 Å². The number of Topliss-reactive ketones (excluding diaryl/α,β-unsaturated/α-hetero) is 1. The van der Waals surface area contributed by atoms with Crippen LogP contribution in [0.1, 0.15) is 31.1 Å². The molecule has 0 radical (unpaired) electrons. The van der Waals surface area contributed by atoms with Crippen LogP contribution in [0.4, 0.5) is 14.5 Å². The number of nitro benzene ring substituents is 1. The van der Waals surface area contributed by atoms with Crippen LogP contribution in [0, 0.1) is 10.1 Å². The van der Waals surface area contributed by atoms with Gasteiger partial charge >= 0.3 is 6.61 Å². The molecule has 1 aliphatic heterocycles. The summed E-state index contributed by atoms with van der Waals surface area (Å²) in [4.78, 5) is 48.0. The van der Waals surface area contributed by atoms with Gasteiger partial charge in [0.1, 0.15) is 11.3 Å². The van der Waals surface area contributed by atoms with Gasteiger partial charge in [-0.25, -0.2) is 0 Å². The second-order valence-electron chi connectivity index (χ2n) is 5.48. The molecule has 0 fully saturated rings. The molecule has 2 amide bonds. The smallest absolute Gasteiger partial charge is 0.387 e. The SMILES string of the molecule is O=C(CN1C(=O)c2cccc([N+](=O)[O-])c2C1=O)c1ccc(OC(F)F)cc1. The molecule has 2 aromatic carbocycles. The number of imide groups is 1. The number of ketones is 1. The number of nitro groups is 1. The first kappa shape index (κ1) is 18.1. The Morgan fingerprint density at radius 3 is 2.37 bits per heavy atom. The number of fused-ring (bicyclic) bond motifs is 1. The van der Waals surface area contributed by atoms with Crippen molar-refractivity contribution in [3.63, 3.8) is 0 Å². The van der Waals surface area contributed by atoms with E-state index in [1.165, 1.54) is 24.3 Å². The fraction of sp³-hybridized carbons (Fsp3) is 0.118. The zero-order valence-corrected chi connectivity index (χ0v) is 13.4. The van der Waals surface area contributed by atoms with Gasteiger partial charge in [0.05, 0.1) is 17.0 Å². The second-order valence-corrected chi connectivity index (χ2v) is 5.48. The van der Waals surface area contributed by atoms with E-state index < -0.39 is 41.4 Å². The number of benzene rings is 2. The third-order valence-corrected chi connectivity index (χ3v) is 3.88. The summed E-state index contributed by atoms with van der Waals surface area (Å²) in [5.41, 5.74) is -0.972. The van der Waals surface area contributed by atoms with Gasteiger partial charge in [0.25, 0.3) is 17.5 Å². The summed E-state index contributed by atoms with van der Waals surface area (Å²) in [5.74, 6) is -2.55. The Bertz CT molecular complexity index is 958. The number of nitrogens with zero attached hydrogens (tertiary/aromatic N) is 2. The van der Waals surface area contributed by atoms with Crippen LogP contribution in [0.2, 0.25) is 0 Å². The standard InChI is InChI=1S/C17H10F2N2O6/c18-17(19)27-10-6-4-9(5-7-10)13(22)8-20-15(23)11-2-1-3-12(21(25)26)14(11)16(20)24/h1-7,17H,8H2. The normalized spacial score (nSPS) is 13.1. The summed E-state index contributed by atoms with van der Waals surface area (Å²) in [6.07, 6.45) is 0. The number of amides is 2. The lowest BCUT2D eigenvalue weighted by Gasteiger charge is -2.13. The van der Waals surface area contributed by atoms with E-state index in [9.17, 15) is 33.3 Å². The lowest BCUT2D eigenvalue weighted by molar-refractivity contribution is -0.385. The minimum atomic E-state index is -3.01. The van der Waals surface area contributed by atoms with Crippen molar-refractivity contribution in [1.29, 1.82) is 0 Å². The van der Waals surface area contributed by atoms with Gasteiger partial charge in [-0.05, 0) is 30.3 Å². The third kappa shape index (κ3) is 3.36. The van der Waals surface area contributed by atoms with E-state index in [0.717, 1.165) is 18.2 Å². The summed E-state index contributed by atoms with van der Waals surface area (Å²) in [6.45, 7) is -3.65. The molecule has 0 saturated heterocycles. The molecule has 8 nitrogen and oxygen atoms in total. The summed E-state index contributed by atoms with van der Waals surface area (Å²) in [6, 6.07) is 8.34. The van der Waals surface area contributed by atoms with Crippen LogP contribution in [0.25, 0.3) is 0 Å². The van der Waals surface area contributed by atoms with Crippen LogP contribution < -0.4 is 4.74 Å². The predicted molar refractivity (Wildman–Crippen MR) is 85.9 cm³/mol. The van der Waals surface area contributed by atoms with E-state index in [1.54, 1.807) is 0 Å². The fourth-order valence-electron chi connectivity index (χ4n) is 2.67. The number of ether oxygens (including phenoxy) is 1. The summed E-state index contributed by atoms with van der Waals surface area (Å²) < 4.78 is 28.4. The predicted octanol–water partition coefficient (Wildman–Crippen LogP) is 2.68. The minimum Gasteiger partial charge on any atom is -0.435 e. The molecule has 0 saturated carbocycles. The quantitative estimate of drug-likeness (QED) is 0.332. The molecule has 1 aliphatic rings. The molecular formula is C17H10F2N2O6. The second kappa shape index (κ2) is 6.90. The third-order valence-electron chi connectivity index (χ3n) is 3.88. The van der Waals surface area contributed by atoms with Gasteiger partial charge in [-0.15, -0.1) is 0 Å². The highest BCUT2D eigenvalue weighted by molar-refractivity contribution is 6.24. The minimum absolute atomic E-state index is 0.0580. The van der Waals surface area contributed by atoms with E-state index in [4.69, 9.17) is 0 Å². The molecule has 138 valence electrons. The van der Waals surface area contributed by atoms with Crippen molar-refractivity contribution < 1.29 is 32.8 Å². The lowest BCUT2D eigenvalue weighted by atomic mass is 10.1. The number of carbonyl (C=O) groups is 3. The van der Waals surface area contributed by atoms with E-state index in [-0.39, 0.29) is 22.4 Å². The lowest BCUT2D eigenvalue weighted by Crippen LogP contribution is -2.35. The molecule has 27 heavy (non-hydrogen) atoms. The van der Waals surface area contributed by atoms with Crippen molar-refractivity contribution in [3.8, 4) is 5.75 Å². The van der Waals surface area contributed by atoms with Crippen LogP contribution in [0.15, 0.2) is 42.5 Å². The largest absolute Gasteiger partial charge is 0.435 e. The van der Waals surface area contributed by atoms with Crippen molar-refractivity contribution in [1.82, 2.24) is 4.90 Å². The Balaban J connectivity index is 1.81. The van der Waals surface area contributed by atoms with E-state index >= 15 is 0 Å². The van der Waals surface area contributed by atoms with E-state index in [0.29, 0.717) is 4.90 Å². The van der Waals surface area contributed by atoms with Gasteiger partial charge in [0, 0.05) is 11.6 Å². The highest BCUT2D eigenvalue weighted by atomic mass is 19.3. The Morgan fingerprint density at radius 2 is 1.78 bits per heavy atom. The van der Waals surface area contributed by atoms with Crippen molar-refractivity contribution in [2.24, 2.45) is 0 Å². The van der Waals surface area contributed by atoms with Gasteiger partial charge in [-0.1, -0.05) is 6.07 Å². The molecule has 0 aromatic heterocycles. The number of alkyl halides is 2. The first-order chi connectivity index (χ1) is 12.8. The average molecular weight is 376 g/mol. The molecule has 0 atom stereocenters. The van der Waals surface area contributed by atoms with Crippen molar-refractivity contribution in [2.75, 3.05) is 6.54 Å².